The Morgan fingerprint density at radius 2 is 1.96 bits per heavy atom. The Balaban J connectivity index is 1.95. The number of hydrogen-bond donors (Lipinski definition) is 1. The number of nitrogens with two attached hydrogens (primary N) is 1. The molecule has 3 aromatic rings. The number of nitrogens with zero attached hydrogens (tertiary/aromatic N) is 4. The van der Waals surface area contributed by atoms with Crippen LogP contribution in [0.2, 0.25) is 0 Å². The molecule has 0 saturated carbocycles. The van der Waals surface area contributed by atoms with Crippen LogP contribution in [0.1, 0.15) is 37.9 Å². The van der Waals surface area contributed by atoms with E-state index in [0.717, 1.165) is 29.1 Å². The number of aryl methyl sites for hydroxylation is 1. The summed E-state index contributed by atoms with van der Waals surface area (Å²) in [6, 6.07) is 9.86. The maximum atomic E-state index is 5.62. The highest BCUT2D eigenvalue weighted by Gasteiger charge is 2.17. The standard InChI is InChI=1S/C17H21N5O/c1-4-22-15(9-14(20-22)11(2)3)17-19-16(21-23-17)13-7-5-12(10-18)6-8-13/h5-9,11H,4,10,18H2,1-3H3. The van der Waals surface area contributed by atoms with Gasteiger partial charge in [-0.25, -0.2) is 0 Å². The molecule has 2 heterocycles. The molecule has 6 nitrogen and oxygen atoms in total. The van der Waals surface area contributed by atoms with E-state index >= 15 is 0 Å². The Bertz CT molecular complexity index is 786. The van der Waals surface area contributed by atoms with E-state index in [4.69, 9.17) is 10.3 Å². The Hall–Kier alpha value is -2.47. The monoisotopic (exact) mass is 311 g/mol. The van der Waals surface area contributed by atoms with E-state index in [1.807, 2.05) is 41.9 Å². The third kappa shape index (κ3) is 3.03. The molecule has 0 unspecified atom stereocenters. The third-order valence-electron chi connectivity index (χ3n) is 3.78. The minimum Gasteiger partial charge on any atom is -0.332 e. The lowest BCUT2D eigenvalue weighted by atomic mass is 10.1. The molecule has 0 radical (unpaired) electrons. The van der Waals surface area contributed by atoms with E-state index in [9.17, 15) is 0 Å². The van der Waals surface area contributed by atoms with Gasteiger partial charge in [-0.2, -0.15) is 10.1 Å². The zero-order valence-corrected chi connectivity index (χ0v) is 13.7. The molecule has 0 spiro atoms. The summed E-state index contributed by atoms with van der Waals surface area (Å²) in [7, 11) is 0. The molecule has 2 N–H and O–H groups in total. The SMILES string of the molecule is CCn1nc(C(C)C)cc1-c1nc(-c2ccc(CN)cc2)no1. The highest BCUT2D eigenvalue weighted by Crippen LogP contribution is 2.25. The van der Waals surface area contributed by atoms with Gasteiger partial charge in [-0.05, 0) is 24.5 Å². The van der Waals surface area contributed by atoms with Crippen molar-refractivity contribution >= 4 is 0 Å². The number of aromatic nitrogens is 4. The molecule has 6 heteroatoms. The van der Waals surface area contributed by atoms with Crippen molar-refractivity contribution in [3.8, 4) is 23.0 Å². The third-order valence-corrected chi connectivity index (χ3v) is 3.78. The second kappa shape index (κ2) is 6.34. The van der Waals surface area contributed by atoms with Gasteiger partial charge >= 0.3 is 0 Å². The van der Waals surface area contributed by atoms with Crippen molar-refractivity contribution in [3.05, 3.63) is 41.6 Å². The van der Waals surface area contributed by atoms with Crippen molar-refractivity contribution in [2.24, 2.45) is 5.73 Å². The minimum absolute atomic E-state index is 0.354. The summed E-state index contributed by atoms with van der Waals surface area (Å²) in [5, 5.41) is 8.67. The van der Waals surface area contributed by atoms with Crippen LogP contribution in [0.15, 0.2) is 34.9 Å². The normalized spacial score (nSPS) is 11.3. The van der Waals surface area contributed by atoms with Gasteiger partial charge in [0.15, 0.2) is 0 Å². The Labute approximate surface area is 135 Å². The first-order chi connectivity index (χ1) is 11.1. The van der Waals surface area contributed by atoms with Crippen molar-refractivity contribution in [1.82, 2.24) is 19.9 Å². The van der Waals surface area contributed by atoms with Gasteiger partial charge in [-0.15, -0.1) is 0 Å². The number of rotatable bonds is 5. The van der Waals surface area contributed by atoms with Crippen LogP contribution in [0, 0.1) is 0 Å². The van der Waals surface area contributed by atoms with E-state index in [1.165, 1.54) is 0 Å². The first-order valence-corrected chi connectivity index (χ1v) is 7.83. The zero-order valence-electron chi connectivity index (χ0n) is 13.7. The summed E-state index contributed by atoms with van der Waals surface area (Å²) < 4.78 is 7.34. The molecule has 0 aliphatic rings. The van der Waals surface area contributed by atoms with Gasteiger partial charge in [-0.1, -0.05) is 43.3 Å². The molecular formula is C17H21N5O. The average Bonchev–Trinajstić information content (AvgIpc) is 3.21. The van der Waals surface area contributed by atoms with Gasteiger partial charge < -0.3 is 10.3 Å². The lowest BCUT2D eigenvalue weighted by molar-refractivity contribution is 0.427. The molecule has 23 heavy (non-hydrogen) atoms. The summed E-state index contributed by atoms with van der Waals surface area (Å²) in [4.78, 5) is 4.52. The minimum atomic E-state index is 0.354. The second-order valence-electron chi connectivity index (χ2n) is 5.75. The molecule has 0 aliphatic heterocycles. The smallest absolute Gasteiger partial charge is 0.276 e. The number of hydrogen-bond acceptors (Lipinski definition) is 5. The van der Waals surface area contributed by atoms with E-state index in [0.29, 0.717) is 24.2 Å². The lowest BCUT2D eigenvalue weighted by Crippen LogP contribution is -2.00. The molecule has 0 amide bonds. The number of benzene rings is 1. The molecular weight excluding hydrogens is 290 g/mol. The predicted molar refractivity (Wildman–Crippen MR) is 88.6 cm³/mol. The molecule has 0 bridgehead atoms. The second-order valence-corrected chi connectivity index (χ2v) is 5.75. The lowest BCUT2D eigenvalue weighted by Gasteiger charge is -1.99. The summed E-state index contributed by atoms with van der Waals surface area (Å²) in [5.74, 6) is 1.41. The van der Waals surface area contributed by atoms with Gasteiger partial charge in [0, 0.05) is 18.7 Å². The van der Waals surface area contributed by atoms with Crippen LogP contribution in [0.25, 0.3) is 23.0 Å². The van der Waals surface area contributed by atoms with Crippen LogP contribution in [0.4, 0.5) is 0 Å². The van der Waals surface area contributed by atoms with Crippen LogP contribution in [0.5, 0.6) is 0 Å². The van der Waals surface area contributed by atoms with E-state index in [2.05, 4.69) is 29.1 Å². The predicted octanol–water partition coefficient (Wildman–Crippen LogP) is 3.20. The Morgan fingerprint density at radius 3 is 2.57 bits per heavy atom. The van der Waals surface area contributed by atoms with E-state index in [1.54, 1.807) is 0 Å². The van der Waals surface area contributed by atoms with E-state index in [-0.39, 0.29) is 0 Å². The fourth-order valence-corrected chi connectivity index (χ4v) is 2.37. The van der Waals surface area contributed by atoms with Crippen molar-refractivity contribution in [3.63, 3.8) is 0 Å². The maximum absolute atomic E-state index is 5.62. The van der Waals surface area contributed by atoms with Gasteiger partial charge in [0.05, 0.1) is 5.69 Å². The highest BCUT2D eigenvalue weighted by molar-refractivity contribution is 5.58. The van der Waals surface area contributed by atoms with Crippen LogP contribution in [-0.4, -0.2) is 19.9 Å². The van der Waals surface area contributed by atoms with Crippen LogP contribution >= 0.6 is 0 Å². The average molecular weight is 311 g/mol. The molecule has 2 aromatic heterocycles. The van der Waals surface area contributed by atoms with Crippen molar-refractivity contribution in [2.75, 3.05) is 0 Å². The van der Waals surface area contributed by atoms with E-state index < -0.39 is 0 Å². The largest absolute Gasteiger partial charge is 0.332 e. The zero-order chi connectivity index (χ0) is 16.4. The van der Waals surface area contributed by atoms with Crippen LogP contribution < -0.4 is 5.73 Å². The van der Waals surface area contributed by atoms with Gasteiger partial charge in [-0.3, -0.25) is 4.68 Å². The fourth-order valence-electron chi connectivity index (χ4n) is 2.37. The summed E-state index contributed by atoms with van der Waals surface area (Å²) in [6.45, 7) is 7.55. The Kier molecular flexibility index (Phi) is 4.25. The molecule has 0 fully saturated rings. The molecule has 1 aromatic carbocycles. The molecule has 120 valence electrons. The molecule has 0 saturated heterocycles. The fraction of sp³-hybridized carbons (Fsp3) is 0.353. The Morgan fingerprint density at radius 1 is 1.22 bits per heavy atom. The summed E-state index contributed by atoms with van der Waals surface area (Å²) in [5.41, 5.74) is 9.47. The summed E-state index contributed by atoms with van der Waals surface area (Å²) >= 11 is 0. The van der Waals surface area contributed by atoms with Gasteiger partial charge in [0.2, 0.25) is 5.82 Å². The van der Waals surface area contributed by atoms with Crippen LogP contribution in [-0.2, 0) is 13.1 Å². The maximum Gasteiger partial charge on any atom is 0.276 e. The van der Waals surface area contributed by atoms with Crippen molar-refractivity contribution in [2.45, 2.75) is 39.8 Å². The van der Waals surface area contributed by atoms with Crippen molar-refractivity contribution < 1.29 is 4.52 Å². The first-order valence-electron chi connectivity index (χ1n) is 7.83. The quantitative estimate of drug-likeness (QED) is 0.782. The molecule has 0 atom stereocenters. The molecule has 3 rings (SSSR count). The van der Waals surface area contributed by atoms with Crippen LogP contribution in [0.3, 0.4) is 0 Å². The van der Waals surface area contributed by atoms with Gasteiger partial charge in [0.1, 0.15) is 5.69 Å². The summed E-state index contributed by atoms with van der Waals surface area (Å²) in [6.07, 6.45) is 0. The topological polar surface area (TPSA) is 82.8 Å². The molecule has 0 aliphatic carbocycles. The first kappa shape index (κ1) is 15.4. The van der Waals surface area contributed by atoms with Gasteiger partial charge in [0.25, 0.3) is 5.89 Å². The van der Waals surface area contributed by atoms with Crippen molar-refractivity contribution in [1.29, 1.82) is 0 Å². The highest BCUT2D eigenvalue weighted by atomic mass is 16.5.